The molecule has 0 radical (unpaired) electrons. The van der Waals surface area contributed by atoms with Crippen molar-refractivity contribution >= 4 is 23.2 Å². The van der Waals surface area contributed by atoms with Gasteiger partial charge in [0.15, 0.2) is 0 Å². The van der Waals surface area contributed by atoms with E-state index in [1.807, 2.05) is 25.1 Å². The summed E-state index contributed by atoms with van der Waals surface area (Å²) >= 11 is 0. The number of hydrogen-bond acceptors (Lipinski definition) is 3. The average molecular weight is 360 g/mol. The van der Waals surface area contributed by atoms with Crippen LogP contribution in [0.2, 0.25) is 0 Å². The van der Waals surface area contributed by atoms with E-state index in [-0.39, 0.29) is 11.8 Å². The molecule has 3 aromatic carbocycles. The highest BCUT2D eigenvalue weighted by Gasteiger charge is 2.14. The molecule has 0 bridgehead atoms. The van der Waals surface area contributed by atoms with Gasteiger partial charge in [-0.05, 0) is 49.4 Å². The predicted molar refractivity (Wildman–Crippen MR) is 106 cm³/mol. The monoisotopic (exact) mass is 360 g/mol. The molecule has 3 rings (SSSR count). The van der Waals surface area contributed by atoms with Crippen molar-refractivity contribution in [2.75, 3.05) is 17.2 Å². The molecule has 0 atom stereocenters. The lowest BCUT2D eigenvalue weighted by molar-refractivity contribution is 0.102. The summed E-state index contributed by atoms with van der Waals surface area (Å²) in [6.07, 6.45) is 0. The number of hydrogen-bond donors (Lipinski definition) is 2. The van der Waals surface area contributed by atoms with E-state index in [9.17, 15) is 9.59 Å². The Morgan fingerprint density at radius 1 is 0.815 bits per heavy atom. The highest BCUT2D eigenvalue weighted by molar-refractivity contribution is 6.12. The fourth-order valence-electron chi connectivity index (χ4n) is 2.60. The van der Waals surface area contributed by atoms with E-state index in [1.54, 1.807) is 60.7 Å². The Hall–Kier alpha value is -3.60. The van der Waals surface area contributed by atoms with Crippen molar-refractivity contribution in [3.05, 3.63) is 90.0 Å². The summed E-state index contributed by atoms with van der Waals surface area (Å²) in [5, 5.41) is 5.63. The van der Waals surface area contributed by atoms with E-state index >= 15 is 0 Å². The van der Waals surface area contributed by atoms with Crippen LogP contribution in [0.4, 0.5) is 11.4 Å². The largest absolute Gasteiger partial charge is 0.494 e. The normalized spacial score (nSPS) is 10.1. The first-order chi connectivity index (χ1) is 13.2. The second-order valence-corrected chi connectivity index (χ2v) is 5.78. The van der Waals surface area contributed by atoms with Crippen molar-refractivity contribution in [1.82, 2.24) is 0 Å². The molecule has 0 spiro atoms. The zero-order valence-electron chi connectivity index (χ0n) is 14.9. The Balaban J connectivity index is 1.78. The number of carbonyl (C=O) groups excluding carboxylic acids is 2. The number of nitrogens with one attached hydrogen (secondary N) is 2. The Bertz CT molecular complexity index is 939. The molecule has 5 heteroatoms. The number of para-hydroxylation sites is 2. The zero-order chi connectivity index (χ0) is 19.1. The summed E-state index contributed by atoms with van der Waals surface area (Å²) in [6, 6.07) is 23.0. The number of rotatable bonds is 6. The third kappa shape index (κ3) is 4.73. The molecular weight excluding hydrogens is 340 g/mol. The van der Waals surface area contributed by atoms with Crippen LogP contribution in [0.25, 0.3) is 0 Å². The Kier molecular flexibility index (Phi) is 5.84. The lowest BCUT2D eigenvalue weighted by atomic mass is 10.1. The Morgan fingerprint density at radius 3 is 2.33 bits per heavy atom. The minimum atomic E-state index is -0.309. The summed E-state index contributed by atoms with van der Waals surface area (Å²) in [7, 11) is 0. The number of amides is 2. The minimum absolute atomic E-state index is 0.292. The minimum Gasteiger partial charge on any atom is -0.494 e. The van der Waals surface area contributed by atoms with E-state index < -0.39 is 0 Å². The van der Waals surface area contributed by atoms with Gasteiger partial charge >= 0.3 is 0 Å². The maximum Gasteiger partial charge on any atom is 0.257 e. The molecule has 0 unspecified atom stereocenters. The molecule has 0 saturated heterocycles. The van der Waals surface area contributed by atoms with Crippen LogP contribution < -0.4 is 15.4 Å². The van der Waals surface area contributed by atoms with Crippen LogP contribution in [0.3, 0.4) is 0 Å². The lowest BCUT2D eigenvalue weighted by Gasteiger charge is -2.12. The highest BCUT2D eigenvalue weighted by atomic mass is 16.5. The third-order valence-electron chi connectivity index (χ3n) is 3.86. The van der Waals surface area contributed by atoms with Gasteiger partial charge in [0, 0.05) is 11.3 Å². The number of ether oxygens (including phenoxy) is 1. The van der Waals surface area contributed by atoms with Crippen molar-refractivity contribution in [1.29, 1.82) is 0 Å². The molecule has 2 N–H and O–H groups in total. The first-order valence-electron chi connectivity index (χ1n) is 8.67. The van der Waals surface area contributed by atoms with E-state index in [4.69, 9.17) is 4.74 Å². The Labute approximate surface area is 158 Å². The van der Waals surface area contributed by atoms with Crippen LogP contribution in [0.1, 0.15) is 27.6 Å². The molecule has 0 heterocycles. The van der Waals surface area contributed by atoms with E-state index in [2.05, 4.69) is 10.6 Å². The molecule has 0 aliphatic rings. The van der Waals surface area contributed by atoms with E-state index in [0.717, 1.165) is 0 Å². The van der Waals surface area contributed by atoms with Crippen LogP contribution in [-0.4, -0.2) is 18.4 Å². The SMILES string of the molecule is CCOc1cccc(C(=O)Nc2ccccc2C(=O)Nc2ccccc2)c1. The zero-order valence-corrected chi connectivity index (χ0v) is 14.9. The molecule has 3 aromatic rings. The summed E-state index contributed by atoms with van der Waals surface area (Å²) < 4.78 is 5.43. The molecule has 0 saturated carbocycles. The fraction of sp³-hybridized carbons (Fsp3) is 0.0909. The average Bonchev–Trinajstić information content (AvgIpc) is 2.69. The predicted octanol–water partition coefficient (Wildman–Crippen LogP) is 4.59. The summed E-state index contributed by atoms with van der Waals surface area (Å²) in [6.45, 7) is 2.40. The van der Waals surface area contributed by atoms with Gasteiger partial charge in [-0.2, -0.15) is 0 Å². The molecule has 0 aromatic heterocycles. The summed E-state index contributed by atoms with van der Waals surface area (Å²) in [4.78, 5) is 25.2. The maximum absolute atomic E-state index is 12.6. The smallest absolute Gasteiger partial charge is 0.257 e. The van der Waals surface area contributed by atoms with Crippen LogP contribution in [0, 0.1) is 0 Å². The topological polar surface area (TPSA) is 67.4 Å². The molecule has 5 nitrogen and oxygen atoms in total. The highest BCUT2D eigenvalue weighted by Crippen LogP contribution is 2.20. The van der Waals surface area contributed by atoms with Crippen LogP contribution in [0.15, 0.2) is 78.9 Å². The number of carbonyl (C=O) groups is 2. The van der Waals surface area contributed by atoms with E-state index in [1.165, 1.54) is 0 Å². The van der Waals surface area contributed by atoms with Gasteiger partial charge in [-0.15, -0.1) is 0 Å². The van der Waals surface area contributed by atoms with Gasteiger partial charge in [0.05, 0.1) is 17.9 Å². The molecule has 27 heavy (non-hydrogen) atoms. The van der Waals surface area contributed by atoms with Gasteiger partial charge in [0.1, 0.15) is 5.75 Å². The maximum atomic E-state index is 12.6. The van der Waals surface area contributed by atoms with Crippen molar-refractivity contribution in [2.45, 2.75) is 6.92 Å². The van der Waals surface area contributed by atoms with Gasteiger partial charge < -0.3 is 15.4 Å². The van der Waals surface area contributed by atoms with Gasteiger partial charge in [0.2, 0.25) is 0 Å². The molecule has 136 valence electrons. The van der Waals surface area contributed by atoms with Gasteiger partial charge in [-0.3, -0.25) is 9.59 Å². The molecular formula is C22H20N2O3. The molecule has 0 aliphatic heterocycles. The first kappa shape index (κ1) is 18.2. The van der Waals surface area contributed by atoms with E-state index in [0.29, 0.717) is 34.9 Å². The van der Waals surface area contributed by atoms with Crippen molar-refractivity contribution in [2.24, 2.45) is 0 Å². The summed E-state index contributed by atoms with van der Waals surface area (Å²) in [5.74, 6) is 0.0249. The first-order valence-corrected chi connectivity index (χ1v) is 8.67. The van der Waals surface area contributed by atoms with Gasteiger partial charge in [-0.1, -0.05) is 36.4 Å². The molecule has 2 amide bonds. The van der Waals surface area contributed by atoms with Crippen LogP contribution >= 0.6 is 0 Å². The standard InChI is InChI=1S/C22H20N2O3/c1-2-27-18-12-8-9-16(15-18)21(25)24-20-14-7-6-13-19(20)22(26)23-17-10-4-3-5-11-17/h3-15H,2H2,1H3,(H,23,26)(H,24,25). The fourth-order valence-corrected chi connectivity index (χ4v) is 2.60. The van der Waals surface area contributed by atoms with Gasteiger partial charge in [0.25, 0.3) is 11.8 Å². The summed E-state index contributed by atoms with van der Waals surface area (Å²) in [5.41, 5.74) is 1.97. The second kappa shape index (κ2) is 8.67. The lowest BCUT2D eigenvalue weighted by Crippen LogP contribution is -2.18. The second-order valence-electron chi connectivity index (χ2n) is 5.78. The van der Waals surface area contributed by atoms with Crippen molar-refractivity contribution in [3.8, 4) is 5.75 Å². The number of benzene rings is 3. The molecule has 0 aliphatic carbocycles. The number of anilines is 2. The quantitative estimate of drug-likeness (QED) is 0.676. The molecule has 0 fully saturated rings. The van der Waals surface area contributed by atoms with Crippen molar-refractivity contribution in [3.63, 3.8) is 0 Å². The van der Waals surface area contributed by atoms with Gasteiger partial charge in [-0.25, -0.2) is 0 Å². The van der Waals surface area contributed by atoms with Crippen molar-refractivity contribution < 1.29 is 14.3 Å². The third-order valence-corrected chi connectivity index (χ3v) is 3.86. The van der Waals surface area contributed by atoms with Crippen LogP contribution in [-0.2, 0) is 0 Å². The van der Waals surface area contributed by atoms with Crippen LogP contribution in [0.5, 0.6) is 5.75 Å². The Morgan fingerprint density at radius 2 is 1.56 bits per heavy atom.